The lowest BCUT2D eigenvalue weighted by Crippen LogP contribution is -2.11. The van der Waals surface area contributed by atoms with Crippen LogP contribution in [0.5, 0.6) is 0 Å². The first-order valence-electron chi connectivity index (χ1n) is 20.9. The molecule has 10 rings (SSSR count). The van der Waals surface area contributed by atoms with Crippen molar-refractivity contribution in [3.8, 4) is 33.7 Å². The van der Waals surface area contributed by atoms with E-state index in [2.05, 4.69) is 0 Å². The van der Waals surface area contributed by atoms with E-state index in [9.17, 15) is 5.48 Å². The molecule has 10 aromatic rings. The van der Waals surface area contributed by atoms with Crippen molar-refractivity contribution in [3.05, 3.63) is 182 Å². The fraction of sp³-hybridized carbons (Fsp3) is 0. The van der Waals surface area contributed by atoms with Crippen molar-refractivity contribution in [3.63, 3.8) is 0 Å². The first kappa shape index (κ1) is 21.2. The maximum atomic E-state index is 9.59. The summed E-state index contributed by atoms with van der Waals surface area (Å²) in [5.41, 5.74) is 4.49. The Hall–Kier alpha value is -6.91. The van der Waals surface area contributed by atoms with Gasteiger partial charge in [-0.25, -0.2) is 4.98 Å². The zero-order valence-electron chi connectivity index (χ0n) is 35.8. The second-order valence-corrected chi connectivity index (χ2v) is 12.1. The summed E-state index contributed by atoms with van der Waals surface area (Å²) in [6, 6.07) is 34.8. The average molecular weight is 664 g/mol. The molecule has 2 aromatic heterocycles. The summed E-state index contributed by atoms with van der Waals surface area (Å²) in [5, 5.41) is 3.36. The van der Waals surface area contributed by atoms with Crippen LogP contribution in [0, 0.1) is 0 Å². The van der Waals surface area contributed by atoms with Crippen LogP contribution in [0.1, 0.15) is 12.3 Å². The maximum absolute atomic E-state index is 9.59. The molecule has 0 saturated carbocycles. The summed E-state index contributed by atoms with van der Waals surface area (Å²) in [4.78, 5) is 6.58. The minimum atomic E-state index is -0.650. The van der Waals surface area contributed by atoms with E-state index in [1.807, 2.05) is 115 Å². The fourth-order valence-corrected chi connectivity index (χ4v) is 6.66. The smallest absolute Gasteiger partial charge is 0.230 e. The van der Waals surface area contributed by atoms with Crippen LogP contribution in [0.15, 0.2) is 191 Å². The van der Waals surface area contributed by atoms with Crippen LogP contribution in [-0.4, -0.2) is 4.98 Å². The van der Waals surface area contributed by atoms with E-state index in [0.29, 0.717) is 44.6 Å². The van der Waals surface area contributed by atoms with E-state index < -0.39 is 65.5 Å². The van der Waals surface area contributed by atoms with Gasteiger partial charge in [-0.1, -0.05) is 121 Å². The Morgan fingerprint density at radius 3 is 1.96 bits per heavy atom. The molecule has 4 heteroatoms. The molecule has 0 amide bonds. The number of hydrogen-bond donors (Lipinski definition) is 0. The van der Waals surface area contributed by atoms with E-state index in [1.54, 1.807) is 17.0 Å². The fourth-order valence-electron chi connectivity index (χ4n) is 6.66. The minimum absolute atomic E-state index is 0.150. The van der Waals surface area contributed by atoms with Gasteiger partial charge in [-0.3, -0.25) is 0 Å². The number of oxazole rings is 1. The first-order chi connectivity index (χ1) is 29.0. The molecule has 240 valence electrons. The molecule has 0 fully saturated rings. The van der Waals surface area contributed by atoms with E-state index in [-0.39, 0.29) is 11.6 Å². The molecular formula is C47H30N2O2. The second kappa shape index (κ2) is 11.9. The lowest BCUT2D eigenvalue weighted by molar-refractivity contribution is 0.620. The van der Waals surface area contributed by atoms with Gasteiger partial charge < -0.3 is 13.7 Å². The number of benzene rings is 8. The van der Waals surface area contributed by atoms with Crippen LogP contribution in [0.4, 0.5) is 17.1 Å². The maximum Gasteiger partial charge on any atom is 0.230 e. The molecule has 51 heavy (non-hydrogen) atoms. The van der Waals surface area contributed by atoms with Gasteiger partial charge in [-0.05, 0) is 93.6 Å². The third-order valence-electron chi connectivity index (χ3n) is 9.05. The first-order valence-corrected chi connectivity index (χ1v) is 16.4. The molecule has 0 atom stereocenters. The van der Waals surface area contributed by atoms with Crippen LogP contribution in [0.25, 0.3) is 77.5 Å². The number of para-hydroxylation sites is 2. The Bertz CT molecular complexity index is 3290. The number of aromatic nitrogens is 1. The van der Waals surface area contributed by atoms with Crippen molar-refractivity contribution in [1.29, 1.82) is 0 Å². The molecule has 0 saturated heterocycles. The van der Waals surface area contributed by atoms with Crippen LogP contribution in [0.2, 0.25) is 0 Å². The van der Waals surface area contributed by atoms with Gasteiger partial charge in [0, 0.05) is 22.1 Å². The third-order valence-corrected chi connectivity index (χ3v) is 9.05. The molecule has 8 aromatic carbocycles. The summed E-state index contributed by atoms with van der Waals surface area (Å²) >= 11 is 0. The van der Waals surface area contributed by atoms with Crippen molar-refractivity contribution < 1.29 is 21.2 Å². The summed E-state index contributed by atoms with van der Waals surface area (Å²) in [5.74, 6) is 0.226. The Balaban J connectivity index is 1.31. The van der Waals surface area contributed by atoms with Gasteiger partial charge in [-0.2, -0.15) is 0 Å². The summed E-state index contributed by atoms with van der Waals surface area (Å²) < 4.78 is 92.9. The van der Waals surface area contributed by atoms with Gasteiger partial charge in [0.2, 0.25) is 5.89 Å². The normalized spacial score (nSPS) is 14.0. The van der Waals surface area contributed by atoms with Crippen molar-refractivity contribution in [2.75, 3.05) is 4.90 Å². The minimum Gasteiger partial charge on any atom is -0.456 e. The zero-order chi connectivity index (χ0) is 41.6. The number of hydrogen-bond acceptors (Lipinski definition) is 4. The van der Waals surface area contributed by atoms with Gasteiger partial charge in [-0.15, -0.1) is 0 Å². The molecule has 0 spiro atoms. The van der Waals surface area contributed by atoms with E-state index in [0.717, 1.165) is 27.3 Å². The number of rotatable bonds is 6. The van der Waals surface area contributed by atoms with Crippen LogP contribution in [0.3, 0.4) is 0 Å². The lowest BCUT2D eigenvalue weighted by atomic mass is 9.99. The molecule has 2 heterocycles. The monoisotopic (exact) mass is 663 g/mol. The molecule has 0 aliphatic carbocycles. The second-order valence-electron chi connectivity index (χ2n) is 12.1. The quantitative estimate of drug-likeness (QED) is 0.178. The molecule has 0 aliphatic rings. The lowest BCUT2D eigenvalue weighted by Gasteiger charge is -2.28. The summed E-state index contributed by atoms with van der Waals surface area (Å²) in [6.45, 7) is 0. The van der Waals surface area contributed by atoms with Crippen molar-refractivity contribution in [2.45, 2.75) is 0 Å². The average Bonchev–Trinajstić information content (AvgIpc) is 3.87. The summed E-state index contributed by atoms with van der Waals surface area (Å²) in [6.07, 6.45) is 0. The number of anilines is 3. The molecule has 0 bridgehead atoms. The van der Waals surface area contributed by atoms with Crippen molar-refractivity contribution in [1.82, 2.24) is 4.98 Å². The molecule has 0 N–H and O–H groups in total. The predicted octanol–water partition coefficient (Wildman–Crippen LogP) is 13.4. The largest absolute Gasteiger partial charge is 0.456 e. The van der Waals surface area contributed by atoms with Gasteiger partial charge in [0.05, 0.1) is 23.6 Å². The highest BCUT2D eigenvalue weighted by Gasteiger charge is 2.26. The van der Waals surface area contributed by atoms with Crippen LogP contribution >= 0.6 is 0 Å². The molecule has 4 nitrogen and oxygen atoms in total. The molecule has 0 radical (unpaired) electrons. The third kappa shape index (κ3) is 5.04. The number of fused-ring (bicyclic) bond motifs is 5. The molecular weight excluding hydrogens is 625 g/mol. The SMILES string of the molecule is [2H]c1c([2H])c([2H])c(-c2c([2H])c([2H])c(N(c3ccc(-c4ccccc4)cc3)c3ccc4oc5cc6ccccc6cc5c4c3-c3nc4ccccc4o3)c([2H])c2[2H])c([2H])c1[2H]. The highest BCUT2D eigenvalue weighted by molar-refractivity contribution is 6.18. The highest BCUT2D eigenvalue weighted by Crippen LogP contribution is 2.48. The van der Waals surface area contributed by atoms with Gasteiger partial charge in [0.15, 0.2) is 5.58 Å². The van der Waals surface area contributed by atoms with Crippen molar-refractivity contribution in [2.24, 2.45) is 0 Å². The Kier molecular flexibility index (Phi) is 4.96. The Morgan fingerprint density at radius 2 is 1.18 bits per heavy atom. The summed E-state index contributed by atoms with van der Waals surface area (Å²) in [7, 11) is 0. The van der Waals surface area contributed by atoms with Crippen LogP contribution < -0.4 is 4.90 Å². The van der Waals surface area contributed by atoms with Gasteiger partial charge >= 0.3 is 0 Å². The topological polar surface area (TPSA) is 42.4 Å². The predicted molar refractivity (Wildman–Crippen MR) is 210 cm³/mol. The van der Waals surface area contributed by atoms with Crippen LogP contribution in [-0.2, 0) is 0 Å². The zero-order valence-corrected chi connectivity index (χ0v) is 26.8. The standard InChI is InChI=1S/C47H30N2O2/c1-3-11-31(12-4-1)33-19-23-37(24-20-33)49(38-25-21-34(22-26-38)32-13-5-2-6-14-32)41-27-28-43-45(46(41)47-48-40-17-9-10-18-42(40)51-47)39-29-35-15-7-8-16-36(35)30-44(39)50-43/h1-30H/i1D,3D,4D,11D,12D,19D,20D,23D,24D. The van der Waals surface area contributed by atoms with Crippen molar-refractivity contribution >= 4 is 60.9 Å². The number of nitrogens with zero attached hydrogens (tertiary/aromatic N) is 2. The van der Waals surface area contributed by atoms with E-state index in [4.69, 9.17) is 20.7 Å². The molecule has 0 unspecified atom stereocenters. The van der Waals surface area contributed by atoms with E-state index in [1.165, 1.54) is 0 Å². The van der Waals surface area contributed by atoms with E-state index >= 15 is 0 Å². The number of furan rings is 1. The Morgan fingerprint density at radius 1 is 0.490 bits per heavy atom. The highest BCUT2D eigenvalue weighted by atomic mass is 16.3. The molecule has 0 aliphatic heterocycles. The van der Waals surface area contributed by atoms with Gasteiger partial charge in [0.1, 0.15) is 16.7 Å². The Labute approximate surface area is 307 Å². The van der Waals surface area contributed by atoms with Gasteiger partial charge in [0.25, 0.3) is 0 Å².